The van der Waals surface area contributed by atoms with Crippen molar-refractivity contribution in [3.63, 3.8) is 0 Å². The summed E-state index contributed by atoms with van der Waals surface area (Å²) in [5.41, 5.74) is 5.67. The van der Waals surface area contributed by atoms with Crippen molar-refractivity contribution in [2.45, 2.75) is 60.8 Å². The molecule has 0 heterocycles. The fourth-order valence-corrected chi connectivity index (χ4v) is 5.76. The van der Waals surface area contributed by atoms with Gasteiger partial charge in [-0.1, -0.05) is 128 Å². The molecule has 37 heavy (non-hydrogen) atoms. The van der Waals surface area contributed by atoms with Crippen LogP contribution in [0.5, 0.6) is 0 Å². The highest BCUT2D eigenvalue weighted by Gasteiger charge is 2.37. The van der Waals surface area contributed by atoms with E-state index in [2.05, 4.69) is 111 Å². The van der Waals surface area contributed by atoms with Gasteiger partial charge in [-0.05, 0) is 89.6 Å². The third-order valence-corrected chi connectivity index (χ3v) is 7.37. The van der Waals surface area contributed by atoms with Crippen molar-refractivity contribution in [1.82, 2.24) is 0 Å². The van der Waals surface area contributed by atoms with Crippen molar-refractivity contribution in [2.75, 3.05) is 0 Å². The molecule has 0 saturated heterocycles. The highest BCUT2D eigenvalue weighted by Crippen LogP contribution is 2.53. The van der Waals surface area contributed by atoms with Gasteiger partial charge in [0, 0.05) is 5.41 Å². The van der Waals surface area contributed by atoms with Gasteiger partial charge in [0.15, 0.2) is 0 Å². The zero-order chi connectivity index (χ0) is 26.7. The first-order valence-electron chi connectivity index (χ1n) is 14.0. The quantitative estimate of drug-likeness (QED) is 0.148. The van der Waals surface area contributed by atoms with Gasteiger partial charge in [0.2, 0.25) is 0 Å². The molecular formula is C37H40. The monoisotopic (exact) mass is 484 g/mol. The Morgan fingerprint density at radius 3 is 1.59 bits per heavy atom. The van der Waals surface area contributed by atoms with Gasteiger partial charge in [0.05, 0.1) is 0 Å². The van der Waals surface area contributed by atoms with E-state index >= 15 is 0 Å². The van der Waals surface area contributed by atoms with Gasteiger partial charge in [-0.3, -0.25) is 0 Å². The van der Waals surface area contributed by atoms with Crippen LogP contribution >= 0.6 is 0 Å². The van der Waals surface area contributed by atoms with Crippen molar-refractivity contribution < 1.29 is 0 Å². The Labute approximate surface area is 223 Å². The molecule has 0 N–H and O–H groups in total. The van der Waals surface area contributed by atoms with Crippen LogP contribution < -0.4 is 0 Å². The minimum atomic E-state index is -0.0182. The summed E-state index contributed by atoms with van der Waals surface area (Å²) in [5.74, 6) is 0. The predicted molar refractivity (Wildman–Crippen MR) is 168 cm³/mol. The predicted octanol–water partition coefficient (Wildman–Crippen LogP) is 11.7. The number of hydrogen-bond acceptors (Lipinski definition) is 0. The maximum Gasteiger partial charge on any atom is 0.0159 e. The topological polar surface area (TPSA) is 0 Å². The van der Waals surface area contributed by atoms with E-state index in [-0.39, 0.29) is 5.41 Å². The van der Waals surface area contributed by atoms with Crippen LogP contribution in [0.2, 0.25) is 0 Å². The summed E-state index contributed by atoms with van der Waals surface area (Å²) < 4.78 is 0. The normalized spacial score (nSPS) is 12.5. The van der Waals surface area contributed by atoms with Crippen LogP contribution in [0.15, 0.2) is 97.1 Å². The molecule has 0 bridgehead atoms. The molecule has 188 valence electrons. The van der Waals surface area contributed by atoms with Crippen LogP contribution in [-0.4, -0.2) is 0 Å². The highest BCUT2D eigenvalue weighted by atomic mass is 14.4. The molecule has 0 heteroatoms. The fraction of sp³-hybridized carbons (Fsp3) is 0.243. The van der Waals surface area contributed by atoms with Crippen LogP contribution in [0, 0.1) is 0 Å². The van der Waals surface area contributed by atoms with Gasteiger partial charge in [-0.2, -0.15) is 0 Å². The van der Waals surface area contributed by atoms with E-state index in [1.165, 1.54) is 65.3 Å². The standard InChI is InChI=1S/C31H22.3C2H6/c1-31(2)27-14-13-20-12-11-19-7-5-6-10-25(19)29(20)30(27)26-17-23-15-21-8-3-4-9-22(21)16-24(23)18-28(26)31;3*1-2/h3-18H,1-2H3;3*1-2H3. The number of fused-ring (bicyclic) bond motifs is 9. The van der Waals surface area contributed by atoms with E-state index in [9.17, 15) is 0 Å². The van der Waals surface area contributed by atoms with E-state index in [1.807, 2.05) is 41.5 Å². The third kappa shape index (κ3) is 4.19. The summed E-state index contributed by atoms with van der Waals surface area (Å²) in [4.78, 5) is 0. The van der Waals surface area contributed by atoms with Crippen molar-refractivity contribution >= 4 is 43.1 Å². The highest BCUT2D eigenvalue weighted by molar-refractivity contribution is 6.17. The first-order chi connectivity index (χ1) is 18.1. The van der Waals surface area contributed by atoms with Crippen LogP contribution in [0.4, 0.5) is 0 Å². The third-order valence-electron chi connectivity index (χ3n) is 7.37. The summed E-state index contributed by atoms with van der Waals surface area (Å²) in [6.45, 7) is 16.8. The van der Waals surface area contributed by atoms with Gasteiger partial charge >= 0.3 is 0 Å². The average molecular weight is 485 g/mol. The molecule has 6 aromatic rings. The van der Waals surface area contributed by atoms with Crippen molar-refractivity contribution in [1.29, 1.82) is 0 Å². The molecular weight excluding hydrogens is 444 g/mol. The van der Waals surface area contributed by atoms with Crippen LogP contribution in [0.3, 0.4) is 0 Å². The van der Waals surface area contributed by atoms with Crippen molar-refractivity contribution in [3.8, 4) is 11.1 Å². The molecule has 0 fully saturated rings. The average Bonchev–Trinajstić information content (AvgIpc) is 3.19. The van der Waals surface area contributed by atoms with E-state index in [0.717, 1.165) is 0 Å². The van der Waals surface area contributed by atoms with E-state index in [4.69, 9.17) is 0 Å². The smallest absolute Gasteiger partial charge is 0.0159 e. The summed E-state index contributed by atoms with van der Waals surface area (Å²) in [7, 11) is 0. The van der Waals surface area contributed by atoms with Gasteiger partial charge in [0.25, 0.3) is 0 Å². The van der Waals surface area contributed by atoms with Crippen LogP contribution in [-0.2, 0) is 5.41 Å². The second-order valence-corrected chi connectivity index (χ2v) is 9.44. The van der Waals surface area contributed by atoms with Crippen molar-refractivity contribution in [3.05, 3.63) is 108 Å². The Kier molecular flexibility index (Phi) is 7.69. The van der Waals surface area contributed by atoms with E-state index in [1.54, 1.807) is 0 Å². The first kappa shape index (κ1) is 26.4. The fourth-order valence-electron chi connectivity index (χ4n) is 5.76. The summed E-state index contributed by atoms with van der Waals surface area (Å²) >= 11 is 0. The molecule has 0 aromatic heterocycles. The number of hydrogen-bond donors (Lipinski definition) is 0. The van der Waals surface area contributed by atoms with E-state index in [0.29, 0.717) is 0 Å². The zero-order valence-corrected chi connectivity index (χ0v) is 23.7. The lowest BCUT2D eigenvalue weighted by Gasteiger charge is -2.22. The Morgan fingerprint density at radius 2 is 0.946 bits per heavy atom. The van der Waals surface area contributed by atoms with Gasteiger partial charge in [0.1, 0.15) is 0 Å². The van der Waals surface area contributed by atoms with Crippen LogP contribution in [0.25, 0.3) is 54.2 Å². The van der Waals surface area contributed by atoms with Gasteiger partial charge < -0.3 is 0 Å². The van der Waals surface area contributed by atoms with Crippen LogP contribution in [0.1, 0.15) is 66.5 Å². The van der Waals surface area contributed by atoms with E-state index < -0.39 is 0 Å². The summed E-state index contributed by atoms with van der Waals surface area (Å²) in [6, 6.07) is 36.2. The Bertz CT molecular complexity index is 1700. The van der Waals surface area contributed by atoms with Gasteiger partial charge in [-0.25, -0.2) is 0 Å². The minimum absolute atomic E-state index is 0.0182. The van der Waals surface area contributed by atoms with Crippen molar-refractivity contribution in [2.24, 2.45) is 0 Å². The maximum absolute atomic E-state index is 2.44. The number of benzene rings is 6. The molecule has 1 aliphatic carbocycles. The lowest BCUT2D eigenvalue weighted by Crippen LogP contribution is -2.14. The molecule has 0 aliphatic heterocycles. The largest absolute Gasteiger partial charge is 0.0683 e. The Balaban J connectivity index is 0.000000500. The molecule has 6 aromatic carbocycles. The second kappa shape index (κ2) is 10.8. The molecule has 7 rings (SSSR count). The molecule has 0 spiro atoms. The summed E-state index contributed by atoms with van der Waals surface area (Å²) in [6.07, 6.45) is 0. The molecule has 0 radical (unpaired) electrons. The summed E-state index contributed by atoms with van der Waals surface area (Å²) in [5, 5.41) is 10.6. The van der Waals surface area contributed by atoms with Gasteiger partial charge in [-0.15, -0.1) is 0 Å². The lowest BCUT2D eigenvalue weighted by atomic mass is 9.81. The lowest BCUT2D eigenvalue weighted by molar-refractivity contribution is 0.661. The molecule has 0 nitrogen and oxygen atoms in total. The molecule has 1 aliphatic rings. The molecule has 0 amide bonds. The first-order valence-corrected chi connectivity index (χ1v) is 14.0. The maximum atomic E-state index is 2.44. The number of rotatable bonds is 0. The molecule has 0 saturated carbocycles. The Morgan fingerprint density at radius 1 is 0.432 bits per heavy atom. The minimum Gasteiger partial charge on any atom is -0.0683 e. The molecule has 0 atom stereocenters. The second-order valence-electron chi connectivity index (χ2n) is 9.44. The zero-order valence-electron chi connectivity index (χ0n) is 23.7. The molecule has 0 unspecified atom stereocenters. The SMILES string of the molecule is CC.CC.CC.CC1(C)c2cc3cc4ccccc4cc3cc2-c2c1ccc1ccc3ccccc3c21. The Hall–Kier alpha value is -3.64.